The lowest BCUT2D eigenvalue weighted by atomic mass is 9.85. The molecule has 0 unspecified atom stereocenters. The second kappa shape index (κ2) is 49.2. The van der Waals surface area contributed by atoms with Crippen LogP contribution in [0.5, 0.6) is 92.0 Å². The summed E-state index contributed by atoms with van der Waals surface area (Å²) in [5.41, 5.74) is 14.3. The maximum Gasteiger partial charge on any atom is 0.128 e. The lowest BCUT2D eigenvalue weighted by Gasteiger charge is -2.26. The number of phenols is 2. The highest BCUT2D eigenvalue weighted by Gasteiger charge is 2.28. The van der Waals surface area contributed by atoms with Crippen LogP contribution < -0.4 is 66.3 Å². The average molecular weight is 1920 g/mol. The van der Waals surface area contributed by atoms with Gasteiger partial charge in [-0.1, -0.05) is 297 Å². The minimum atomic E-state index is -0.525. The quantitative estimate of drug-likeness (QED) is 0.0342. The Labute approximate surface area is 844 Å². The standard InChI is InChI=1S/C126H122N2O16/c1-125(2,3)119-71-117(143-87-101-59-113(139-83-97-51-105(131-75-89-33-15-7-16-34-89)65-106(52-97)132-76-90-35-17-8-18-36-90)69-114(60-101)140-84-98-53-107(133-77-91-37-19-9-20-38-91)66-108(54-98)134-78-92-39-21-10-22-40-92)63-103(123(119)129)73-127-121-49-31-32-50-122(121)128-74-104-64-118(72-120(124(104)130)126(4,5)6)144-88-102-61-115(141-85-99-55-109(135-79-93-41-23-11-24-42-93)67-110(56-99)136-80-94-43-25-12-26-44-94)70-116(62-102)142-86-100-57-111(137-81-95-45-27-13-28-46-95)68-112(58-100)138-82-96-47-29-14-30-48-96/h7-30,33-48,51-74,121-122,129-130H,31-32,49-50,75-88H2,1-6H3/t121-,122-/m1/s1. The average Bonchev–Trinajstić information content (AvgIpc) is 0.797. The van der Waals surface area contributed by atoms with Crippen LogP contribution in [-0.4, -0.2) is 34.7 Å². The van der Waals surface area contributed by atoms with Crippen LogP contribution in [0, 0.1) is 0 Å². The molecule has 2 N–H and O–H groups in total. The van der Waals surface area contributed by atoms with Crippen LogP contribution in [0.1, 0.15) is 167 Å². The Morgan fingerprint density at radius 3 is 0.500 bits per heavy atom. The predicted molar refractivity (Wildman–Crippen MR) is 566 cm³/mol. The van der Waals surface area contributed by atoms with Gasteiger partial charge >= 0.3 is 0 Å². The lowest BCUT2D eigenvalue weighted by Crippen LogP contribution is -2.27. The van der Waals surface area contributed by atoms with Gasteiger partial charge in [0.25, 0.3) is 0 Å². The first-order valence-corrected chi connectivity index (χ1v) is 49.0. The molecule has 0 heterocycles. The molecule has 0 saturated heterocycles. The molecule has 18 heteroatoms. The molecule has 16 aromatic carbocycles. The molecule has 0 radical (unpaired) electrons. The van der Waals surface area contributed by atoms with Crippen molar-refractivity contribution in [2.75, 3.05) is 0 Å². The van der Waals surface area contributed by atoms with E-state index in [2.05, 4.69) is 41.5 Å². The highest BCUT2D eigenvalue weighted by Crippen LogP contribution is 2.42. The smallest absolute Gasteiger partial charge is 0.128 e. The molecule has 2 atom stereocenters. The van der Waals surface area contributed by atoms with Crippen LogP contribution in [0.15, 0.2) is 386 Å². The van der Waals surface area contributed by atoms with Crippen LogP contribution >= 0.6 is 0 Å². The molecule has 0 amide bonds. The van der Waals surface area contributed by atoms with Crippen molar-refractivity contribution in [1.29, 1.82) is 0 Å². The predicted octanol–water partition coefficient (Wildman–Crippen LogP) is 28.6. The first-order chi connectivity index (χ1) is 70.3. The number of hydrogen-bond donors (Lipinski definition) is 2. The molecule has 0 bridgehead atoms. The highest BCUT2D eigenvalue weighted by molar-refractivity contribution is 5.87. The molecule has 1 aliphatic carbocycles. The minimum absolute atomic E-state index is 0.0846. The third kappa shape index (κ3) is 30.1. The summed E-state index contributed by atoms with van der Waals surface area (Å²) in [6, 6.07) is 122. The molecule has 18 nitrogen and oxygen atoms in total. The summed E-state index contributed by atoms with van der Waals surface area (Å²) in [5.74, 6) is 8.39. The second-order valence-electron chi connectivity index (χ2n) is 38.1. The van der Waals surface area contributed by atoms with Crippen LogP contribution in [0.3, 0.4) is 0 Å². The number of ether oxygens (including phenoxy) is 14. The maximum absolute atomic E-state index is 12.4. The Bertz CT molecular complexity index is 5910. The van der Waals surface area contributed by atoms with Gasteiger partial charge in [-0.05, 0) is 199 Å². The summed E-state index contributed by atoms with van der Waals surface area (Å²) in [6.07, 6.45) is 6.86. The first kappa shape index (κ1) is 99.2. The molecule has 1 saturated carbocycles. The third-order valence-corrected chi connectivity index (χ3v) is 24.4. The molecule has 0 aliphatic heterocycles. The van der Waals surface area contributed by atoms with E-state index < -0.39 is 10.8 Å². The second-order valence-corrected chi connectivity index (χ2v) is 38.1. The Morgan fingerprint density at radius 1 is 0.201 bits per heavy atom. The molecule has 1 aliphatic rings. The Balaban J connectivity index is 0.628. The van der Waals surface area contributed by atoms with Crippen LogP contribution in [0.2, 0.25) is 0 Å². The van der Waals surface area contributed by atoms with Gasteiger partial charge < -0.3 is 76.5 Å². The fourth-order valence-electron chi connectivity index (χ4n) is 16.8. The van der Waals surface area contributed by atoms with E-state index in [1.807, 2.05) is 376 Å². The zero-order valence-corrected chi connectivity index (χ0v) is 82.3. The molecule has 144 heavy (non-hydrogen) atoms. The number of aromatic hydroxyl groups is 2. The van der Waals surface area contributed by atoms with E-state index in [-0.39, 0.29) is 63.2 Å². The minimum Gasteiger partial charge on any atom is -0.507 e. The van der Waals surface area contributed by atoms with Crippen molar-refractivity contribution in [2.45, 2.75) is 183 Å². The van der Waals surface area contributed by atoms with Crippen molar-refractivity contribution >= 4 is 12.4 Å². The largest absolute Gasteiger partial charge is 0.507 e. The summed E-state index contributed by atoms with van der Waals surface area (Å²) in [4.78, 5) is 10.6. The summed E-state index contributed by atoms with van der Waals surface area (Å²) in [5, 5.41) is 24.8. The van der Waals surface area contributed by atoms with Crippen molar-refractivity contribution in [3.8, 4) is 92.0 Å². The van der Waals surface area contributed by atoms with Gasteiger partial charge in [-0.2, -0.15) is 0 Å². The number of aliphatic imine (C=N–C) groups is 2. The van der Waals surface area contributed by atoms with Crippen molar-refractivity contribution in [3.63, 3.8) is 0 Å². The van der Waals surface area contributed by atoms with Crippen LogP contribution in [0.25, 0.3) is 0 Å². The molecular weight excluding hydrogens is 1800 g/mol. The lowest BCUT2D eigenvalue weighted by molar-refractivity contribution is 0.272. The number of hydrogen-bond acceptors (Lipinski definition) is 18. The highest BCUT2D eigenvalue weighted by atomic mass is 16.5. The van der Waals surface area contributed by atoms with E-state index in [9.17, 15) is 10.2 Å². The van der Waals surface area contributed by atoms with Crippen LogP contribution in [0.4, 0.5) is 0 Å². The summed E-state index contributed by atoms with van der Waals surface area (Å²) >= 11 is 0. The summed E-state index contributed by atoms with van der Waals surface area (Å²) in [6.45, 7) is 16.0. The van der Waals surface area contributed by atoms with Crippen molar-refractivity contribution in [2.24, 2.45) is 9.98 Å². The van der Waals surface area contributed by atoms with E-state index in [0.29, 0.717) is 156 Å². The van der Waals surface area contributed by atoms with Gasteiger partial charge in [-0.15, -0.1) is 0 Å². The van der Waals surface area contributed by atoms with E-state index >= 15 is 0 Å². The van der Waals surface area contributed by atoms with Crippen molar-refractivity contribution in [3.05, 3.63) is 476 Å². The summed E-state index contributed by atoms with van der Waals surface area (Å²) < 4.78 is 92.5. The van der Waals surface area contributed by atoms with Gasteiger partial charge in [0.15, 0.2) is 0 Å². The molecule has 0 spiro atoms. The fraction of sp³-hybridized carbons (Fsp3) is 0.222. The van der Waals surface area contributed by atoms with E-state index in [1.54, 1.807) is 12.4 Å². The Kier molecular flexibility index (Phi) is 33.9. The van der Waals surface area contributed by atoms with Gasteiger partial charge in [0.05, 0.1) is 12.1 Å². The molecule has 0 aromatic heterocycles. The topological polar surface area (TPSA) is 194 Å². The maximum atomic E-state index is 12.4. The molecule has 17 rings (SSSR count). The van der Waals surface area contributed by atoms with Gasteiger partial charge in [0.2, 0.25) is 0 Å². The molecule has 16 aromatic rings. The van der Waals surface area contributed by atoms with Gasteiger partial charge in [-0.3, -0.25) is 9.98 Å². The number of benzene rings is 16. The van der Waals surface area contributed by atoms with Gasteiger partial charge in [-0.25, -0.2) is 0 Å². The zero-order chi connectivity index (χ0) is 99.1. The van der Waals surface area contributed by atoms with Crippen molar-refractivity contribution in [1.82, 2.24) is 0 Å². The number of rotatable bonds is 46. The molecule has 732 valence electrons. The monoisotopic (exact) mass is 1920 g/mol. The number of phenolic OH excluding ortho intramolecular Hbond substituents is 2. The Morgan fingerprint density at radius 2 is 0.347 bits per heavy atom. The van der Waals surface area contributed by atoms with Crippen LogP contribution in [-0.2, 0) is 103 Å². The van der Waals surface area contributed by atoms with E-state index in [1.165, 1.54) is 0 Å². The Hall–Kier alpha value is -16.3. The summed E-state index contributed by atoms with van der Waals surface area (Å²) in [7, 11) is 0. The van der Waals surface area contributed by atoms with Gasteiger partial charge in [0.1, 0.15) is 184 Å². The van der Waals surface area contributed by atoms with Gasteiger partial charge in [0, 0.05) is 71.1 Å². The zero-order valence-electron chi connectivity index (χ0n) is 82.3. The van der Waals surface area contributed by atoms with Crippen molar-refractivity contribution < 1.29 is 76.5 Å². The van der Waals surface area contributed by atoms with E-state index in [0.717, 1.165) is 104 Å². The van der Waals surface area contributed by atoms with E-state index in [4.69, 9.17) is 76.3 Å². The first-order valence-electron chi connectivity index (χ1n) is 49.0. The SMILES string of the molecule is CC(C)(C)c1cc(OCc2cc(OCc3cc(OCc4ccccc4)cc(OCc4ccccc4)c3)cc(OCc3cc(OCc4ccccc4)cc(OCc4ccccc4)c3)c2)cc(C=N[C@@H]2CCCC[C@H]2N=Cc2cc(OCc3cc(OCc4cc(OCc5ccccc5)cc(OCc5ccccc5)c4)cc(OCc4cc(OCc5ccccc5)cc(OCc5ccccc5)c4)c3)cc(C(C)(C)C)c2O)c1O. The fourth-order valence-corrected chi connectivity index (χ4v) is 16.8. The number of nitrogens with zero attached hydrogens (tertiary/aromatic N) is 2. The third-order valence-electron chi connectivity index (χ3n) is 24.4. The normalized spacial score (nSPS) is 13.1. The molecule has 1 fully saturated rings. The molecular formula is C126H122N2O16.